The minimum atomic E-state index is -3.16. The van der Waals surface area contributed by atoms with Crippen LogP contribution in [0.25, 0.3) is 0 Å². The molecule has 1 heterocycles. The standard InChI is InChI=1S/C23H22F2N2O7/c1-14-20(27(29)30)19(17-10-6-7-11-18(17)33-22(24)25)21(15(2)26-14)34-23(28)32-13-12-31-16-8-4-3-5-9-16/h3-11,19,22,26H,12-13H2,1-2H3. The van der Waals surface area contributed by atoms with Crippen molar-refractivity contribution in [2.24, 2.45) is 0 Å². The summed E-state index contributed by atoms with van der Waals surface area (Å²) in [5.74, 6) is -1.17. The van der Waals surface area contributed by atoms with E-state index in [1.54, 1.807) is 24.3 Å². The van der Waals surface area contributed by atoms with E-state index in [-0.39, 0.29) is 47.4 Å². The van der Waals surface area contributed by atoms with Crippen LogP contribution in [0.1, 0.15) is 25.3 Å². The first-order chi connectivity index (χ1) is 16.3. The Bertz CT molecular complexity index is 1100. The molecule has 0 saturated heterocycles. The second-order valence-electron chi connectivity index (χ2n) is 7.09. The van der Waals surface area contributed by atoms with E-state index >= 15 is 0 Å². The molecule has 2 aromatic rings. The van der Waals surface area contributed by atoms with Crippen LogP contribution in [0.2, 0.25) is 0 Å². The summed E-state index contributed by atoms with van der Waals surface area (Å²) < 4.78 is 46.3. The van der Waals surface area contributed by atoms with E-state index in [0.29, 0.717) is 5.75 Å². The number of hydrogen-bond donors (Lipinski definition) is 1. The molecule has 0 radical (unpaired) electrons. The number of halogens is 2. The molecule has 0 fully saturated rings. The zero-order valence-corrected chi connectivity index (χ0v) is 18.3. The monoisotopic (exact) mass is 476 g/mol. The Hall–Kier alpha value is -4.15. The first-order valence-electron chi connectivity index (χ1n) is 10.2. The minimum absolute atomic E-state index is 0.0323. The van der Waals surface area contributed by atoms with Gasteiger partial charge in [-0.1, -0.05) is 36.4 Å². The molecule has 180 valence electrons. The summed E-state index contributed by atoms with van der Waals surface area (Å²) in [5, 5.41) is 14.7. The normalized spacial score (nSPS) is 15.6. The summed E-state index contributed by atoms with van der Waals surface area (Å²) in [7, 11) is 0. The van der Waals surface area contributed by atoms with Crippen LogP contribution in [0.3, 0.4) is 0 Å². The maximum Gasteiger partial charge on any atom is 0.513 e. The number of dihydropyridines is 1. The van der Waals surface area contributed by atoms with Gasteiger partial charge >= 0.3 is 12.8 Å². The molecular weight excluding hydrogens is 454 g/mol. The van der Waals surface area contributed by atoms with Crippen LogP contribution in [-0.2, 0) is 9.47 Å². The lowest BCUT2D eigenvalue weighted by Gasteiger charge is -2.27. The molecule has 1 aliphatic heterocycles. The maximum absolute atomic E-state index is 13.0. The van der Waals surface area contributed by atoms with Crippen LogP contribution in [0, 0.1) is 10.1 Å². The van der Waals surface area contributed by atoms with Crippen molar-refractivity contribution < 1.29 is 37.4 Å². The van der Waals surface area contributed by atoms with E-state index in [4.69, 9.17) is 14.2 Å². The van der Waals surface area contributed by atoms with Gasteiger partial charge in [0.2, 0.25) is 0 Å². The van der Waals surface area contributed by atoms with Crippen LogP contribution in [0.15, 0.2) is 77.4 Å². The maximum atomic E-state index is 13.0. The average molecular weight is 476 g/mol. The Morgan fingerprint density at radius 2 is 1.74 bits per heavy atom. The van der Waals surface area contributed by atoms with Crippen molar-refractivity contribution >= 4 is 6.16 Å². The Labute approximate surface area is 193 Å². The Kier molecular flexibility index (Phi) is 8.01. The molecule has 1 aliphatic rings. The summed E-state index contributed by atoms with van der Waals surface area (Å²) in [4.78, 5) is 23.6. The quantitative estimate of drug-likeness (QED) is 0.234. The molecule has 0 bridgehead atoms. The van der Waals surface area contributed by atoms with E-state index in [2.05, 4.69) is 10.1 Å². The fourth-order valence-electron chi connectivity index (χ4n) is 3.47. The van der Waals surface area contributed by atoms with Crippen LogP contribution >= 0.6 is 0 Å². The van der Waals surface area contributed by atoms with Gasteiger partial charge in [-0.3, -0.25) is 10.1 Å². The number of para-hydroxylation sites is 2. The molecule has 2 aromatic carbocycles. The highest BCUT2D eigenvalue weighted by atomic mass is 19.3. The number of allylic oxidation sites excluding steroid dienone is 2. The van der Waals surface area contributed by atoms with Gasteiger partial charge in [0.15, 0.2) is 0 Å². The predicted molar refractivity (Wildman–Crippen MR) is 116 cm³/mol. The highest BCUT2D eigenvalue weighted by Gasteiger charge is 2.41. The van der Waals surface area contributed by atoms with Crippen molar-refractivity contribution in [2.45, 2.75) is 26.4 Å². The average Bonchev–Trinajstić information content (AvgIpc) is 2.79. The SMILES string of the molecule is CC1=C(OC(=O)OCCOc2ccccc2)C(c2ccccc2OC(F)F)C([N+](=O)[O-])=C(C)N1. The van der Waals surface area contributed by atoms with Gasteiger partial charge in [0.1, 0.15) is 36.4 Å². The lowest BCUT2D eigenvalue weighted by Crippen LogP contribution is -2.30. The lowest BCUT2D eigenvalue weighted by molar-refractivity contribution is -0.431. The number of ether oxygens (including phenoxy) is 4. The molecule has 0 saturated carbocycles. The van der Waals surface area contributed by atoms with Crippen molar-refractivity contribution in [1.29, 1.82) is 0 Å². The topological polar surface area (TPSA) is 109 Å². The van der Waals surface area contributed by atoms with E-state index in [1.165, 1.54) is 38.1 Å². The van der Waals surface area contributed by atoms with Gasteiger partial charge in [0.25, 0.3) is 5.70 Å². The summed E-state index contributed by atoms with van der Waals surface area (Å²) in [6.07, 6.45) is -1.13. The number of benzene rings is 2. The van der Waals surface area contributed by atoms with Crippen LogP contribution < -0.4 is 14.8 Å². The largest absolute Gasteiger partial charge is 0.513 e. The molecule has 0 spiro atoms. The van der Waals surface area contributed by atoms with Gasteiger partial charge in [0, 0.05) is 5.56 Å². The molecule has 1 unspecified atom stereocenters. The molecule has 34 heavy (non-hydrogen) atoms. The van der Waals surface area contributed by atoms with Crippen LogP contribution in [-0.4, -0.2) is 30.9 Å². The third-order valence-electron chi connectivity index (χ3n) is 4.82. The molecule has 1 N–H and O–H groups in total. The summed E-state index contributed by atoms with van der Waals surface area (Å²) in [6.45, 7) is -0.272. The Balaban J connectivity index is 1.81. The van der Waals surface area contributed by atoms with Crippen LogP contribution in [0.4, 0.5) is 13.6 Å². The molecule has 0 aliphatic carbocycles. The minimum Gasteiger partial charge on any atom is -0.490 e. The van der Waals surface area contributed by atoms with Gasteiger partial charge in [-0.2, -0.15) is 8.78 Å². The number of carbonyl (C=O) groups is 1. The van der Waals surface area contributed by atoms with Crippen molar-refractivity contribution in [1.82, 2.24) is 5.32 Å². The Morgan fingerprint density at radius 3 is 2.41 bits per heavy atom. The van der Waals surface area contributed by atoms with Gasteiger partial charge in [0.05, 0.1) is 16.3 Å². The van der Waals surface area contributed by atoms with Gasteiger partial charge in [-0.05, 0) is 32.0 Å². The third-order valence-corrected chi connectivity index (χ3v) is 4.82. The van der Waals surface area contributed by atoms with Crippen molar-refractivity contribution in [2.75, 3.05) is 13.2 Å². The molecule has 11 heteroatoms. The van der Waals surface area contributed by atoms with Crippen LogP contribution in [0.5, 0.6) is 11.5 Å². The number of nitrogens with zero attached hydrogens (tertiary/aromatic N) is 1. The van der Waals surface area contributed by atoms with E-state index in [0.717, 1.165) is 0 Å². The fraction of sp³-hybridized carbons (Fsp3) is 0.261. The van der Waals surface area contributed by atoms with Crippen molar-refractivity contribution in [3.63, 3.8) is 0 Å². The fourth-order valence-corrected chi connectivity index (χ4v) is 3.47. The number of rotatable bonds is 9. The number of alkyl halides is 2. The van der Waals surface area contributed by atoms with Gasteiger partial charge in [-0.15, -0.1) is 0 Å². The van der Waals surface area contributed by atoms with Crippen molar-refractivity contribution in [3.05, 3.63) is 93.1 Å². The number of nitro groups is 1. The number of nitrogens with one attached hydrogen (secondary N) is 1. The smallest absolute Gasteiger partial charge is 0.490 e. The molecular formula is C23H22F2N2O7. The Morgan fingerprint density at radius 1 is 1.06 bits per heavy atom. The molecule has 0 amide bonds. The van der Waals surface area contributed by atoms with E-state index in [1.807, 2.05) is 6.07 Å². The highest BCUT2D eigenvalue weighted by Crippen LogP contribution is 2.42. The molecule has 0 aromatic heterocycles. The lowest BCUT2D eigenvalue weighted by atomic mass is 9.89. The molecule has 3 rings (SSSR count). The molecule has 1 atom stereocenters. The first kappa shape index (κ1) is 24.5. The third kappa shape index (κ3) is 6.00. The van der Waals surface area contributed by atoms with Gasteiger partial charge in [-0.25, -0.2) is 4.79 Å². The second-order valence-corrected chi connectivity index (χ2v) is 7.09. The zero-order chi connectivity index (χ0) is 24.7. The summed E-state index contributed by atoms with van der Waals surface area (Å²) in [6, 6.07) is 14.5. The first-order valence-corrected chi connectivity index (χ1v) is 10.2. The predicted octanol–water partition coefficient (Wildman–Crippen LogP) is 4.95. The van der Waals surface area contributed by atoms with Crippen molar-refractivity contribution in [3.8, 4) is 11.5 Å². The summed E-state index contributed by atoms with van der Waals surface area (Å²) >= 11 is 0. The van der Waals surface area contributed by atoms with E-state index < -0.39 is 23.6 Å². The van der Waals surface area contributed by atoms with Gasteiger partial charge < -0.3 is 24.3 Å². The highest BCUT2D eigenvalue weighted by molar-refractivity contribution is 5.63. The van der Waals surface area contributed by atoms with E-state index in [9.17, 15) is 23.7 Å². The zero-order valence-electron chi connectivity index (χ0n) is 18.3. The second kappa shape index (κ2) is 11.1. The molecule has 9 nitrogen and oxygen atoms in total. The number of hydrogen-bond acceptors (Lipinski definition) is 8. The summed E-state index contributed by atoms with van der Waals surface area (Å²) in [5.41, 5.74) is 0.0878. The number of carbonyl (C=O) groups excluding carboxylic acids is 1.